The van der Waals surface area contributed by atoms with Crippen molar-refractivity contribution < 1.29 is 47.9 Å². The van der Waals surface area contributed by atoms with E-state index in [2.05, 4.69) is 62.6 Å². The molecule has 3 aromatic rings. The lowest BCUT2D eigenvalue weighted by atomic mass is 9.82. The molecular formula is C59H88N14O10S3. The number of nitrogens with zero attached hydrogens (tertiary/aromatic N) is 3. The van der Waals surface area contributed by atoms with E-state index >= 15 is 0 Å². The number of aromatic amines is 2. The van der Waals surface area contributed by atoms with Crippen molar-refractivity contribution in [1.82, 2.24) is 52.4 Å². The first kappa shape index (κ1) is 73.0. The number of nitrogens with one attached hydrogen (secondary N) is 9. The van der Waals surface area contributed by atoms with Crippen LogP contribution in [0, 0.1) is 35.5 Å². The van der Waals surface area contributed by atoms with Gasteiger partial charge >= 0.3 is 0 Å². The van der Waals surface area contributed by atoms with Gasteiger partial charge in [0, 0.05) is 124 Å². The van der Waals surface area contributed by atoms with Crippen molar-refractivity contribution in [2.75, 3.05) is 25.6 Å². The summed E-state index contributed by atoms with van der Waals surface area (Å²) in [5, 5.41) is 23.6. The van der Waals surface area contributed by atoms with E-state index < -0.39 is 77.1 Å². The number of carbonyl (C=O) groups is 10. The van der Waals surface area contributed by atoms with Crippen LogP contribution >= 0.6 is 36.2 Å². The minimum atomic E-state index is -1.27. The van der Waals surface area contributed by atoms with Crippen LogP contribution in [0.25, 0.3) is 10.9 Å². The number of nitrogens with two attached hydrogens (primary N) is 2. The van der Waals surface area contributed by atoms with Gasteiger partial charge < -0.3 is 48.0 Å². The number of para-hydroxylation sites is 1. The molecule has 3 rings (SSSR count). The van der Waals surface area contributed by atoms with Gasteiger partial charge in [-0.25, -0.2) is 4.98 Å². The molecule has 7 unspecified atom stereocenters. The van der Waals surface area contributed by atoms with Crippen molar-refractivity contribution in [1.29, 1.82) is 0 Å². The van der Waals surface area contributed by atoms with Crippen LogP contribution in [0.2, 0.25) is 0 Å². The molecule has 0 radical (unpaired) electrons. The van der Waals surface area contributed by atoms with Gasteiger partial charge in [-0.05, 0) is 113 Å². The van der Waals surface area contributed by atoms with Crippen molar-refractivity contribution in [3.8, 4) is 0 Å². The summed E-state index contributed by atoms with van der Waals surface area (Å²) in [6.07, 6.45) is 6.03. The second-order valence-corrected chi connectivity index (χ2v) is 24.1. The molecular weight excluding hydrogens is 1160 g/mol. The fourth-order valence-electron chi connectivity index (χ4n) is 9.42. The molecule has 0 bridgehead atoms. The number of imidazole rings is 1. The molecule has 24 nitrogen and oxygen atoms in total. The number of primary amides is 2. The molecule has 2 heterocycles. The van der Waals surface area contributed by atoms with E-state index in [-0.39, 0.29) is 117 Å². The smallest absolute Gasteiger partial charge is 0.243 e. The number of hydrazone groups is 2. The number of aromatic nitrogens is 3. The number of rotatable bonds is 41. The van der Waals surface area contributed by atoms with Crippen LogP contribution in [-0.2, 0) is 60.8 Å². The fourth-order valence-corrected chi connectivity index (χ4v) is 10.1. The molecule has 0 spiro atoms. The molecule has 13 N–H and O–H groups in total. The van der Waals surface area contributed by atoms with Crippen LogP contribution in [0.3, 0.4) is 0 Å². The van der Waals surface area contributed by atoms with Gasteiger partial charge in [0.15, 0.2) is 16.0 Å². The lowest BCUT2D eigenvalue weighted by molar-refractivity contribution is -0.135. The number of ketones is 5. The van der Waals surface area contributed by atoms with Crippen molar-refractivity contribution in [2.24, 2.45) is 57.2 Å². The molecule has 0 aliphatic rings. The fraction of sp³-hybridized carbons (Fsp3) is 0.576. The summed E-state index contributed by atoms with van der Waals surface area (Å²) >= 11 is 11.8. The molecule has 0 aliphatic heterocycles. The minimum absolute atomic E-state index is 0.0169. The third-order valence-corrected chi connectivity index (χ3v) is 15.7. The summed E-state index contributed by atoms with van der Waals surface area (Å²) in [7, 11) is 1.66. The second-order valence-electron chi connectivity index (χ2n) is 22.3. The number of fused-ring (bicyclic) bond motifs is 1. The molecule has 0 aliphatic carbocycles. The Morgan fingerprint density at radius 2 is 1.33 bits per heavy atom. The third-order valence-electron chi connectivity index (χ3n) is 14.6. The highest BCUT2D eigenvalue weighted by atomic mass is 32.2. The van der Waals surface area contributed by atoms with E-state index in [1.165, 1.54) is 25.0 Å². The number of carbonyl (C=O) groups excluding carboxylic acids is 10. The van der Waals surface area contributed by atoms with Gasteiger partial charge in [0.1, 0.15) is 35.2 Å². The largest absolute Gasteiger partial charge is 0.370 e. The summed E-state index contributed by atoms with van der Waals surface area (Å²) in [5.41, 5.74) is 19.6. The molecule has 0 saturated heterocycles. The first-order valence-electron chi connectivity index (χ1n) is 28.9. The SMILES string of the molecule is CNC(=S)NN=C(C)C(C)=NNC(=S)NCCCC(=O)CC(CCC(N)=O)C(=O)NC(Cc1c[nH]c2ccccc12)C(=O)NC(C)C(=O)CC(C(=O)CCC(=O)CC(Cc1cnc[nH]1)C(=O)CC(CC(C)C)C(=O)NC(CCSC)C(N)=O)C(C)C. The molecule has 7 atom stereocenters. The van der Waals surface area contributed by atoms with Gasteiger partial charge in [-0.2, -0.15) is 22.0 Å². The Labute approximate surface area is 518 Å². The number of amides is 5. The zero-order chi connectivity index (χ0) is 64.0. The summed E-state index contributed by atoms with van der Waals surface area (Å²) in [6, 6.07) is 4.04. The molecule has 472 valence electrons. The summed E-state index contributed by atoms with van der Waals surface area (Å²) in [5.74, 6) is -8.36. The van der Waals surface area contributed by atoms with Crippen molar-refractivity contribution in [3.63, 3.8) is 0 Å². The lowest BCUT2D eigenvalue weighted by Crippen LogP contribution is -2.53. The van der Waals surface area contributed by atoms with E-state index in [1.54, 1.807) is 47.1 Å². The average molecular weight is 1250 g/mol. The summed E-state index contributed by atoms with van der Waals surface area (Å²) < 4.78 is 0. The minimum Gasteiger partial charge on any atom is -0.370 e. The van der Waals surface area contributed by atoms with Gasteiger partial charge in [-0.3, -0.25) is 58.8 Å². The maximum atomic E-state index is 14.3. The molecule has 2 aromatic heterocycles. The van der Waals surface area contributed by atoms with Crippen LogP contribution in [0.15, 0.2) is 53.2 Å². The Bertz CT molecular complexity index is 2890. The highest BCUT2D eigenvalue weighted by Crippen LogP contribution is 2.26. The standard InChI is InChI=1S/C59H88N14O10S3/c1-33(2)23-40(56(82)68-48(54(61)80)20-22-86-9)28-52(78)39(24-42-31-63-32-66-42)26-44(75)17-18-50(76)46(34(3)4)29-51(77)37(7)67-57(83)49(27-41-30-65-47-15-11-10-14-45(41)47)69-55(81)38(16-19-53(60)79)25-43(74)13-12-21-64-59(85)73-71-36(6)35(5)70-72-58(84)62-8/h10-11,14-15,30-34,37-40,46,48-49,65H,12-13,16-29H2,1-9H3,(H2,60,79)(H2,61,80)(H,63,66)(H,67,83)(H,68,82)(H,69,81)(H2,62,72,84)(H2,64,73,85). The average Bonchev–Trinajstić information content (AvgIpc) is 2.92. The van der Waals surface area contributed by atoms with Gasteiger partial charge in [0.05, 0.1) is 23.8 Å². The van der Waals surface area contributed by atoms with Crippen molar-refractivity contribution >= 4 is 127 Å². The van der Waals surface area contributed by atoms with Crippen LogP contribution in [0.4, 0.5) is 0 Å². The van der Waals surface area contributed by atoms with Crippen LogP contribution in [-0.4, -0.2) is 139 Å². The maximum absolute atomic E-state index is 14.3. The predicted octanol–water partition coefficient (Wildman–Crippen LogP) is 4.10. The summed E-state index contributed by atoms with van der Waals surface area (Å²) in [4.78, 5) is 146. The monoisotopic (exact) mass is 1250 g/mol. The molecule has 86 heavy (non-hydrogen) atoms. The predicted molar refractivity (Wildman–Crippen MR) is 341 cm³/mol. The Morgan fingerprint density at radius 3 is 1.94 bits per heavy atom. The zero-order valence-corrected chi connectivity index (χ0v) is 53.3. The number of benzene rings is 1. The van der Waals surface area contributed by atoms with E-state index in [0.29, 0.717) is 52.8 Å². The van der Waals surface area contributed by atoms with Crippen molar-refractivity contribution in [3.05, 3.63) is 54.2 Å². The maximum Gasteiger partial charge on any atom is 0.243 e. The quantitative estimate of drug-likeness (QED) is 0.0165. The third kappa shape index (κ3) is 26.6. The summed E-state index contributed by atoms with van der Waals surface area (Å²) in [6.45, 7) is 12.6. The second kappa shape index (κ2) is 38.0. The molecule has 27 heteroatoms. The number of Topliss-reactive ketones (excluding diaryl/α,β-unsaturated/α-hetero) is 5. The zero-order valence-electron chi connectivity index (χ0n) is 50.9. The molecule has 5 amide bonds. The number of thiocarbonyl (C=S) groups is 2. The normalized spacial score (nSPS) is 14.2. The molecule has 1 aromatic carbocycles. The number of H-pyrrole nitrogens is 2. The number of hydrogen-bond acceptors (Lipinski definition) is 16. The van der Waals surface area contributed by atoms with Gasteiger partial charge in [-0.15, -0.1) is 0 Å². The van der Waals surface area contributed by atoms with Crippen molar-refractivity contribution in [2.45, 2.75) is 156 Å². The first-order valence-corrected chi connectivity index (χ1v) is 31.2. The van der Waals surface area contributed by atoms with E-state index in [1.807, 2.05) is 44.4 Å². The first-order chi connectivity index (χ1) is 40.7. The van der Waals surface area contributed by atoms with E-state index in [9.17, 15) is 47.9 Å². The van der Waals surface area contributed by atoms with Gasteiger partial charge in [0.25, 0.3) is 0 Å². The van der Waals surface area contributed by atoms with E-state index in [4.69, 9.17) is 35.9 Å². The van der Waals surface area contributed by atoms with Crippen LogP contribution in [0.1, 0.15) is 137 Å². The number of thioether (sulfide) groups is 1. The molecule has 0 fully saturated rings. The topological polar surface area (TPSA) is 376 Å². The van der Waals surface area contributed by atoms with Gasteiger partial charge in [0.2, 0.25) is 29.5 Å². The Morgan fingerprint density at radius 1 is 0.686 bits per heavy atom. The number of hydrogen-bond donors (Lipinski definition) is 11. The highest BCUT2D eigenvalue weighted by Gasteiger charge is 2.34. The highest BCUT2D eigenvalue weighted by molar-refractivity contribution is 7.98. The Balaban J connectivity index is 1.71. The lowest BCUT2D eigenvalue weighted by Gasteiger charge is -2.25. The molecule has 0 saturated carbocycles. The Kier molecular flexibility index (Phi) is 32.3. The Hall–Kier alpha value is -7.26. The van der Waals surface area contributed by atoms with Crippen LogP contribution < -0.4 is 48.9 Å². The van der Waals surface area contributed by atoms with Gasteiger partial charge in [-0.1, -0.05) is 45.9 Å². The van der Waals surface area contributed by atoms with E-state index in [0.717, 1.165) is 10.9 Å². The van der Waals surface area contributed by atoms with Crippen LogP contribution in [0.5, 0.6) is 0 Å².